The van der Waals surface area contributed by atoms with Gasteiger partial charge in [0, 0.05) is 11.6 Å². The largest absolute Gasteiger partial charge is 0.488 e. The summed E-state index contributed by atoms with van der Waals surface area (Å²) in [4.78, 5) is 12.9. The summed E-state index contributed by atoms with van der Waals surface area (Å²) in [5.41, 5.74) is 0.164. The normalized spacial score (nSPS) is 13.4. The molecule has 0 fully saturated rings. The van der Waals surface area contributed by atoms with E-state index in [1.165, 1.54) is 12.1 Å². The Morgan fingerprint density at radius 3 is 1.29 bits per heavy atom. The molecule has 0 aliphatic carbocycles. The number of carbonyl (C=O) groups is 1. The van der Waals surface area contributed by atoms with Crippen molar-refractivity contribution in [2.75, 3.05) is 5.32 Å². The number of hydrogen-bond acceptors (Lipinski definition) is 3. The highest BCUT2D eigenvalue weighted by Gasteiger charge is 2.40. The predicted molar refractivity (Wildman–Crippen MR) is 192 cm³/mol. The van der Waals surface area contributed by atoms with Gasteiger partial charge in [-0.2, -0.15) is 0 Å². The minimum atomic E-state index is -2.69. The summed E-state index contributed by atoms with van der Waals surface area (Å²) in [7, 11) is 0. The Hall–Kier alpha value is -2.77. The maximum atomic E-state index is 13.5. The molecule has 0 atom stereocenters. The van der Waals surface area contributed by atoms with E-state index in [1.807, 2.05) is 68.4 Å². The molecule has 1 amide bonds. The second-order valence-electron chi connectivity index (χ2n) is 18.9. The first-order valence-electron chi connectivity index (χ1n) is 16.7. The lowest BCUT2D eigenvalue weighted by Crippen LogP contribution is -2.42. The highest BCUT2D eigenvalue weighted by molar-refractivity contribution is 5.93. The molecule has 0 unspecified atom stereocenters. The average Bonchev–Trinajstić information content (AvgIpc) is 2.79. The number of halogens is 4. The van der Waals surface area contributed by atoms with Gasteiger partial charge in [0.25, 0.3) is 12.9 Å². The zero-order chi connectivity index (χ0) is 38.0. The molecule has 48 heavy (non-hydrogen) atoms. The lowest BCUT2D eigenvalue weighted by molar-refractivity contribution is -0.127. The quantitative estimate of drug-likeness (QED) is 0.309. The summed E-state index contributed by atoms with van der Waals surface area (Å²) in [6, 6.07) is 7.84. The molecular formula is C40H63F4NO3. The Bertz CT molecular complexity index is 1360. The SMILES string of the molecule is CC(C)(C)Oc1cc(C(C)(C)C)c(C(C)(C)C)cc1C(F)F.CC(C)(C)Oc1ccc(NC(=O)C(C(C)(C)C)C(C)(C)C)cc1C(F)F. The van der Waals surface area contributed by atoms with Crippen molar-refractivity contribution in [1.29, 1.82) is 0 Å². The van der Waals surface area contributed by atoms with Gasteiger partial charge in [0.2, 0.25) is 5.91 Å². The Morgan fingerprint density at radius 1 is 0.562 bits per heavy atom. The highest BCUT2D eigenvalue weighted by Crippen LogP contribution is 2.43. The van der Waals surface area contributed by atoms with Crippen molar-refractivity contribution in [3.05, 3.63) is 52.6 Å². The van der Waals surface area contributed by atoms with Gasteiger partial charge < -0.3 is 14.8 Å². The topological polar surface area (TPSA) is 47.6 Å². The average molecular weight is 682 g/mol. The summed E-state index contributed by atoms with van der Waals surface area (Å²) in [5, 5.41) is 2.81. The molecule has 2 aromatic rings. The number of benzene rings is 2. The number of amides is 1. The zero-order valence-electron chi connectivity index (χ0n) is 32.9. The van der Waals surface area contributed by atoms with Gasteiger partial charge in [-0.25, -0.2) is 17.6 Å². The van der Waals surface area contributed by atoms with E-state index in [4.69, 9.17) is 9.47 Å². The van der Waals surface area contributed by atoms with Crippen LogP contribution in [0.3, 0.4) is 0 Å². The third kappa shape index (κ3) is 13.3. The first kappa shape index (κ1) is 43.3. The van der Waals surface area contributed by atoms with Gasteiger partial charge in [0.15, 0.2) is 0 Å². The van der Waals surface area contributed by atoms with Crippen LogP contribution < -0.4 is 14.8 Å². The third-order valence-electron chi connectivity index (χ3n) is 7.34. The van der Waals surface area contributed by atoms with Crippen molar-refractivity contribution in [3.63, 3.8) is 0 Å². The Balaban J connectivity index is 0.000000487. The fourth-order valence-electron chi connectivity index (χ4n) is 5.95. The zero-order valence-corrected chi connectivity index (χ0v) is 32.9. The first-order valence-corrected chi connectivity index (χ1v) is 16.7. The Labute approximate surface area is 288 Å². The Kier molecular flexibility index (Phi) is 13.5. The fraction of sp³-hybridized carbons (Fsp3) is 0.675. The number of hydrogen-bond donors (Lipinski definition) is 1. The number of nitrogens with one attached hydrogen (secondary N) is 1. The van der Waals surface area contributed by atoms with E-state index in [1.54, 1.807) is 32.9 Å². The van der Waals surface area contributed by atoms with Gasteiger partial charge in [0.05, 0.1) is 11.1 Å². The molecule has 0 saturated carbocycles. The fourth-order valence-corrected chi connectivity index (χ4v) is 5.95. The maximum Gasteiger partial charge on any atom is 0.267 e. The number of alkyl halides is 4. The second-order valence-corrected chi connectivity index (χ2v) is 18.9. The molecule has 0 bridgehead atoms. The van der Waals surface area contributed by atoms with E-state index in [0.29, 0.717) is 11.4 Å². The maximum absolute atomic E-state index is 13.5. The van der Waals surface area contributed by atoms with Crippen LogP contribution in [0.2, 0.25) is 0 Å². The van der Waals surface area contributed by atoms with Crippen LogP contribution in [0.1, 0.15) is 160 Å². The van der Waals surface area contributed by atoms with Crippen LogP contribution in [-0.2, 0) is 15.6 Å². The molecule has 0 radical (unpaired) electrons. The highest BCUT2D eigenvalue weighted by atomic mass is 19.3. The van der Waals surface area contributed by atoms with E-state index in [0.717, 1.165) is 11.1 Å². The summed E-state index contributed by atoms with van der Waals surface area (Å²) in [6.07, 6.45) is -5.24. The lowest BCUT2D eigenvalue weighted by Gasteiger charge is -2.39. The third-order valence-corrected chi connectivity index (χ3v) is 7.34. The second kappa shape index (κ2) is 15.0. The van der Waals surface area contributed by atoms with Crippen molar-refractivity contribution >= 4 is 11.6 Å². The van der Waals surface area contributed by atoms with Crippen LogP contribution in [0.5, 0.6) is 11.5 Å². The predicted octanol–water partition coefficient (Wildman–Crippen LogP) is 12.8. The summed E-state index contributed by atoms with van der Waals surface area (Å²) in [5.74, 6) is -0.0284. The number of carbonyl (C=O) groups excluding carboxylic acids is 1. The van der Waals surface area contributed by atoms with Crippen molar-refractivity contribution in [3.8, 4) is 11.5 Å². The van der Waals surface area contributed by atoms with Crippen molar-refractivity contribution in [2.45, 2.75) is 160 Å². The van der Waals surface area contributed by atoms with E-state index in [2.05, 4.69) is 46.9 Å². The number of ether oxygens (including phenoxy) is 2. The minimum Gasteiger partial charge on any atom is -0.488 e. The van der Waals surface area contributed by atoms with E-state index in [9.17, 15) is 22.4 Å². The molecule has 274 valence electrons. The van der Waals surface area contributed by atoms with E-state index in [-0.39, 0.29) is 50.4 Å². The van der Waals surface area contributed by atoms with Crippen molar-refractivity contribution in [1.82, 2.24) is 0 Å². The molecule has 8 heteroatoms. The molecule has 2 aromatic carbocycles. The van der Waals surface area contributed by atoms with Crippen LogP contribution >= 0.6 is 0 Å². The molecule has 2 rings (SSSR count). The monoisotopic (exact) mass is 681 g/mol. The van der Waals surface area contributed by atoms with Crippen molar-refractivity contribution < 1.29 is 31.8 Å². The molecule has 0 aliphatic heterocycles. The molecule has 0 aliphatic rings. The van der Waals surface area contributed by atoms with Crippen LogP contribution in [0.25, 0.3) is 0 Å². The standard InChI is InChI=1S/C21H33F2NO2.C19H30F2O/c1-19(2,3)16(20(4,5)6)18(25)24-13-10-11-15(26-21(7,8)9)14(12-13)17(22)23;1-17(2,3)13-10-12(16(20)21)15(22-19(7,8)9)11-14(13)18(4,5)6/h10-12,16-17H,1-9H3,(H,24,25);10-11,16H,1-9H3. The van der Waals surface area contributed by atoms with Crippen LogP contribution in [0, 0.1) is 16.7 Å². The molecule has 1 N–H and O–H groups in total. The molecule has 4 nitrogen and oxygen atoms in total. The van der Waals surface area contributed by atoms with Gasteiger partial charge in [-0.05, 0) is 105 Å². The Morgan fingerprint density at radius 2 is 0.938 bits per heavy atom. The van der Waals surface area contributed by atoms with Gasteiger partial charge in [-0.1, -0.05) is 83.1 Å². The summed E-state index contributed by atoms with van der Waals surface area (Å²) in [6.45, 7) is 35.5. The summed E-state index contributed by atoms with van der Waals surface area (Å²) < 4.78 is 65.4. The molecule has 0 spiro atoms. The van der Waals surface area contributed by atoms with Gasteiger partial charge >= 0.3 is 0 Å². The first-order chi connectivity index (χ1) is 21.1. The van der Waals surface area contributed by atoms with Crippen LogP contribution in [0.4, 0.5) is 23.2 Å². The van der Waals surface area contributed by atoms with E-state index >= 15 is 0 Å². The molecule has 0 aromatic heterocycles. The summed E-state index contributed by atoms with van der Waals surface area (Å²) >= 11 is 0. The van der Waals surface area contributed by atoms with E-state index < -0.39 is 24.1 Å². The molecule has 0 heterocycles. The molecular weight excluding hydrogens is 618 g/mol. The van der Waals surface area contributed by atoms with Crippen LogP contribution in [0.15, 0.2) is 30.3 Å². The number of rotatable bonds is 6. The molecule has 0 saturated heterocycles. The van der Waals surface area contributed by atoms with Gasteiger partial charge in [-0.3, -0.25) is 4.79 Å². The minimum absolute atomic E-state index is 0.0205. The van der Waals surface area contributed by atoms with Gasteiger partial charge in [0.1, 0.15) is 22.7 Å². The van der Waals surface area contributed by atoms with Crippen molar-refractivity contribution in [2.24, 2.45) is 16.7 Å². The smallest absolute Gasteiger partial charge is 0.267 e. The number of anilines is 1. The van der Waals surface area contributed by atoms with Gasteiger partial charge in [-0.15, -0.1) is 0 Å². The van der Waals surface area contributed by atoms with Crippen LogP contribution in [-0.4, -0.2) is 17.1 Å². The lowest BCUT2D eigenvalue weighted by atomic mass is 9.66.